The lowest BCUT2D eigenvalue weighted by molar-refractivity contribution is -0.116. The van der Waals surface area contributed by atoms with Crippen molar-refractivity contribution in [3.05, 3.63) is 82.6 Å². The molecular weight excluding hydrogens is 400 g/mol. The lowest BCUT2D eigenvalue weighted by Gasteiger charge is -2.07. The molecule has 2 rings (SSSR count). The van der Waals surface area contributed by atoms with Crippen LogP contribution < -0.4 is 9.47 Å². The van der Waals surface area contributed by atoms with Crippen LogP contribution in [0.25, 0.3) is 12.2 Å². The molecule has 0 saturated carbocycles. The second-order valence-corrected chi connectivity index (χ2v) is 6.40. The third-order valence-electron chi connectivity index (χ3n) is 4.49. The molecule has 0 fully saturated rings. The van der Waals surface area contributed by atoms with E-state index in [2.05, 4.69) is 0 Å². The lowest BCUT2D eigenvalue weighted by atomic mass is 10.0. The molecule has 0 aromatic heterocycles. The Kier molecular flexibility index (Phi) is 8.75. The Morgan fingerprint density at radius 2 is 1.35 bits per heavy atom. The number of aliphatic hydroxyl groups excluding tert-OH is 3. The Morgan fingerprint density at radius 1 is 0.806 bits per heavy atom. The summed E-state index contributed by atoms with van der Waals surface area (Å²) >= 11 is 0. The molecule has 0 bridgehead atoms. The summed E-state index contributed by atoms with van der Waals surface area (Å²) < 4.78 is 10.4. The van der Waals surface area contributed by atoms with Gasteiger partial charge in [0.25, 0.3) is 0 Å². The number of benzene rings is 2. The first kappa shape index (κ1) is 23.6. The van der Waals surface area contributed by atoms with E-state index < -0.39 is 17.1 Å². The Labute approximate surface area is 180 Å². The fraction of sp³-hybridized carbons (Fsp3) is 0.167. The van der Waals surface area contributed by atoms with E-state index in [4.69, 9.17) is 9.47 Å². The number of ketones is 2. The Hall–Kier alpha value is -3.68. The van der Waals surface area contributed by atoms with Crippen molar-refractivity contribution in [2.24, 2.45) is 0 Å². The molecule has 31 heavy (non-hydrogen) atoms. The highest BCUT2D eigenvalue weighted by atomic mass is 16.5. The number of rotatable bonds is 10. The van der Waals surface area contributed by atoms with Crippen LogP contribution >= 0.6 is 0 Å². The summed E-state index contributed by atoms with van der Waals surface area (Å²) in [5, 5.41) is 28.0. The molecule has 162 valence electrons. The number of carbonyl (C=O) groups is 2. The van der Waals surface area contributed by atoms with Gasteiger partial charge in [-0.3, -0.25) is 9.59 Å². The largest absolute Gasteiger partial charge is 0.515 e. The van der Waals surface area contributed by atoms with Crippen LogP contribution in [0.5, 0.6) is 11.5 Å². The molecule has 2 aromatic rings. The van der Waals surface area contributed by atoms with Gasteiger partial charge in [0.05, 0.1) is 33.7 Å². The maximum atomic E-state index is 12.4. The molecule has 2 aromatic carbocycles. The summed E-state index contributed by atoms with van der Waals surface area (Å²) in [6.45, 7) is -0.468. The predicted molar refractivity (Wildman–Crippen MR) is 117 cm³/mol. The number of methoxy groups -OCH3 is 2. The summed E-state index contributed by atoms with van der Waals surface area (Å²) in [7, 11) is 3.01. The van der Waals surface area contributed by atoms with E-state index in [1.807, 2.05) is 0 Å². The predicted octanol–water partition coefficient (Wildman–Crippen LogP) is 3.00. The van der Waals surface area contributed by atoms with Crippen LogP contribution in [0.2, 0.25) is 0 Å². The van der Waals surface area contributed by atoms with Crippen molar-refractivity contribution >= 4 is 23.7 Å². The lowest BCUT2D eigenvalue weighted by Crippen LogP contribution is -2.08. The molecule has 0 spiro atoms. The van der Waals surface area contributed by atoms with E-state index in [0.29, 0.717) is 40.0 Å². The Balaban J connectivity index is 2.14. The van der Waals surface area contributed by atoms with Crippen molar-refractivity contribution in [1.82, 2.24) is 0 Å². The number of hydrogen-bond acceptors (Lipinski definition) is 7. The molecule has 0 aliphatic rings. The minimum atomic E-state index is -0.679. The maximum absolute atomic E-state index is 12.4. The zero-order chi connectivity index (χ0) is 22.8. The van der Waals surface area contributed by atoms with Gasteiger partial charge in [0.15, 0.2) is 23.1 Å². The van der Waals surface area contributed by atoms with Crippen LogP contribution in [0, 0.1) is 0 Å². The van der Waals surface area contributed by atoms with Crippen LogP contribution in [-0.4, -0.2) is 41.1 Å². The third kappa shape index (κ3) is 6.15. The van der Waals surface area contributed by atoms with E-state index in [0.717, 1.165) is 6.08 Å². The molecule has 7 heteroatoms. The fourth-order valence-corrected chi connectivity index (χ4v) is 2.78. The second kappa shape index (κ2) is 11.5. The smallest absolute Gasteiger partial charge is 0.192 e. The van der Waals surface area contributed by atoms with Gasteiger partial charge >= 0.3 is 0 Å². The van der Waals surface area contributed by atoms with Gasteiger partial charge in [-0.2, -0.15) is 0 Å². The molecule has 0 amide bonds. The van der Waals surface area contributed by atoms with Crippen LogP contribution in [0.3, 0.4) is 0 Å². The van der Waals surface area contributed by atoms with Gasteiger partial charge in [-0.25, -0.2) is 0 Å². The van der Waals surface area contributed by atoms with Crippen molar-refractivity contribution in [2.45, 2.75) is 13.2 Å². The first-order valence-electron chi connectivity index (χ1n) is 9.32. The maximum Gasteiger partial charge on any atom is 0.192 e. The average molecular weight is 424 g/mol. The van der Waals surface area contributed by atoms with Gasteiger partial charge < -0.3 is 24.8 Å². The molecule has 3 N–H and O–H groups in total. The van der Waals surface area contributed by atoms with E-state index in [1.165, 1.54) is 32.4 Å². The van der Waals surface area contributed by atoms with Gasteiger partial charge in [0, 0.05) is 0 Å². The number of hydrogen-bond donors (Lipinski definition) is 3. The van der Waals surface area contributed by atoms with Crippen LogP contribution in [0.1, 0.15) is 22.3 Å². The van der Waals surface area contributed by atoms with E-state index >= 15 is 0 Å². The van der Waals surface area contributed by atoms with E-state index in [9.17, 15) is 24.9 Å². The highest BCUT2D eigenvalue weighted by Crippen LogP contribution is 2.28. The quantitative estimate of drug-likeness (QED) is 0.233. The highest BCUT2D eigenvalue weighted by molar-refractivity contribution is 6.28. The molecule has 0 aliphatic heterocycles. The first-order chi connectivity index (χ1) is 15.0. The minimum absolute atomic E-state index is 0.211. The number of ether oxygens (including phenoxy) is 2. The summed E-state index contributed by atoms with van der Waals surface area (Å²) in [5.41, 5.74) is 1.95. The molecule has 0 heterocycles. The summed E-state index contributed by atoms with van der Waals surface area (Å²) in [6.07, 6.45) is 5.75. The third-order valence-corrected chi connectivity index (χ3v) is 4.49. The molecule has 0 atom stereocenters. The average Bonchev–Trinajstić information content (AvgIpc) is 2.81. The van der Waals surface area contributed by atoms with Crippen LogP contribution in [0.15, 0.2) is 60.4 Å². The zero-order valence-electron chi connectivity index (χ0n) is 17.2. The minimum Gasteiger partial charge on any atom is -0.515 e. The molecular formula is C24H24O7. The Bertz CT molecular complexity index is 953. The summed E-state index contributed by atoms with van der Waals surface area (Å²) in [4.78, 5) is 24.7. The van der Waals surface area contributed by atoms with Crippen molar-refractivity contribution < 1.29 is 34.4 Å². The first-order valence-corrected chi connectivity index (χ1v) is 9.32. The number of aliphatic hydroxyl groups is 3. The molecule has 0 unspecified atom stereocenters. The SMILES string of the molecule is COc1ccc(/C=C/C(=O)C(=CO)C(=O)/C=C/c2ccc(CO)c(CO)c2)cc1OC. The fourth-order valence-electron chi connectivity index (χ4n) is 2.78. The Morgan fingerprint density at radius 3 is 1.87 bits per heavy atom. The van der Waals surface area contributed by atoms with Gasteiger partial charge in [-0.15, -0.1) is 0 Å². The number of carbonyl (C=O) groups excluding carboxylic acids is 2. The monoisotopic (exact) mass is 424 g/mol. The van der Waals surface area contributed by atoms with Gasteiger partial charge in [-0.05, 0) is 52.6 Å². The molecule has 0 aliphatic carbocycles. The van der Waals surface area contributed by atoms with Crippen molar-refractivity contribution in [1.29, 1.82) is 0 Å². The molecule has 7 nitrogen and oxygen atoms in total. The summed E-state index contributed by atoms with van der Waals surface area (Å²) in [5.74, 6) is -0.318. The zero-order valence-corrected chi connectivity index (χ0v) is 17.2. The highest BCUT2D eigenvalue weighted by Gasteiger charge is 2.14. The summed E-state index contributed by atoms with van der Waals surface area (Å²) in [6, 6.07) is 9.98. The van der Waals surface area contributed by atoms with Crippen molar-refractivity contribution in [3.63, 3.8) is 0 Å². The van der Waals surface area contributed by atoms with Crippen molar-refractivity contribution in [2.75, 3.05) is 14.2 Å². The topological polar surface area (TPSA) is 113 Å². The molecule has 0 radical (unpaired) electrons. The molecule has 0 saturated heterocycles. The van der Waals surface area contributed by atoms with Gasteiger partial charge in [0.1, 0.15) is 5.57 Å². The second-order valence-electron chi connectivity index (χ2n) is 6.40. The standard InChI is InChI=1S/C24H24O7/c1-30-23-10-6-17(12-24(23)31-2)5-9-22(29)20(15-27)21(28)8-4-16-3-7-18(13-25)19(11-16)14-26/h3-12,15,25-27H,13-14H2,1-2H3/b8-4+,9-5+,20-15?. The normalized spacial score (nSPS) is 11.8. The van der Waals surface area contributed by atoms with E-state index in [1.54, 1.807) is 36.4 Å². The van der Waals surface area contributed by atoms with E-state index in [-0.39, 0.29) is 13.2 Å². The van der Waals surface area contributed by atoms with Crippen molar-refractivity contribution in [3.8, 4) is 11.5 Å². The number of allylic oxidation sites excluding steroid dienone is 3. The van der Waals surface area contributed by atoms with Gasteiger partial charge in [-0.1, -0.05) is 30.4 Å². The van der Waals surface area contributed by atoms with Crippen LogP contribution in [0.4, 0.5) is 0 Å². The van der Waals surface area contributed by atoms with Crippen LogP contribution in [-0.2, 0) is 22.8 Å². The van der Waals surface area contributed by atoms with Gasteiger partial charge in [0.2, 0.25) is 0 Å².